The number of non-ortho nitro benzene ring substituents is 1. The molecule has 4 aromatic carbocycles. The number of halogens is 4. The number of oxime groups is 1. The van der Waals surface area contributed by atoms with E-state index in [2.05, 4.69) is 23.6 Å². The highest BCUT2D eigenvalue weighted by Crippen LogP contribution is 2.40. The molecule has 0 amide bonds. The quantitative estimate of drug-likeness (QED) is 0.0335. The molecule has 5 aromatic rings. The summed E-state index contributed by atoms with van der Waals surface area (Å²) in [5.74, 6) is -4.19. The minimum atomic E-state index is -4.38. The number of nitrogens with zero attached hydrogens (tertiary/aromatic N) is 3. The van der Waals surface area contributed by atoms with Crippen molar-refractivity contribution in [3.8, 4) is 5.75 Å². The van der Waals surface area contributed by atoms with Crippen LogP contribution in [0.15, 0.2) is 78.0 Å². The Balaban J connectivity index is 0.00000245. The Hall–Kier alpha value is -4.57. The standard InChI is InChI=1S/C34H33F4N3O4.HOP/c1-3-5-10-21(4-2)19-40-28-16-15-22(31(39-42)25-13-8-9-14-30(25)45-20-34(37,38)33(35)36)17-26(28)27-18-29(41(43)44)23-11-6-7-12-24(23)32(27)40;1-2/h6-9,11-18,21,33,42H,3-5,10,19-20H2,1-2H3;2H/b39-31+;. The number of aromatic nitrogens is 1. The van der Waals surface area contributed by atoms with E-state index in [-0.39, 0.29) is 22.7 Å². The summed E-state index contributed by atoms with van der Waals surface area (Å²) in [6, 6.07) is 19.9. The van der Waals surface area contributed by atoms with E-state index in [0.717, 1.165) is 42.1 Å². The summed E-state index contributed by atoms with van der Waals surface area (Å²) < 4.78 is 68.3. The van der Waals surface area contributed by atoms with Crippen LogP contribution in [0.25, 0.3) is 32.6 Å². The largest absolute Gasteiger partial charge is 0.486 e. The van der Waals surface area contributed by atoms with Crippen LogP contribution in [-0.4, -0.2) is 39.4 Å². The number of alkyl halides is 4. The summed E-state index contributed by atoms with van der Waals surface area (Å²) in [7, 11) is 1.72. The molecule has 0 radical (unpaired) electrons. The van der Waals surface area contributed by atoms with Crippen molar-refractivity contribution in [3.63, 3.8) is 0 Å². The number of ether oxygens (including phenoxy) is 1. The highest BCUT2D eigenvalue weighted by atomic mass is 31.0. The highest BCUT2D eigenvalue weighted by molar-refractivity contribution is 7.00. The van der Waals surface area contributed by atoms with Crippen LogP contribution in [0.1, 0.15) is 50.7 Å². The fourth-order valence-electron chi connectivity index (χ4n) is 5.90. The van der Waals surface area contributed by atoms with E-state index >= 15 is 0 Å². The van der Waals surface area contributed by atoms with Gasteiger partial charge in [-0.2, -0.15) is 8.78 Å². The number of nitro benzene ring substituents is 1. The first-order valence-electron chi connectivity index (χ1n) is 15.0. The lowest BCUT2D eigenvalue weighted by atomic mass is 9.98. The molecule has 1 heterocycles. The van der Waals surface area contributed by atoms with Crippen molar-refractivity contribution in [3.05, 3.63) is 94.0 Å². The van der Waals surface area contributed by atoms with Crippen molar-refractivity contribution in [1.82, 2.24) is 4.57 Å². The summed E-state index contributed by atoms with van der Waals surface area (Å²) in [5.41, 5.74) is 2.06. The molecule has 5 rings (SSSR count). The maximum atomic E-state index is 13.7. The molecule has 1 unspecified atom stereocenters. The summed E-state index contributed by atoms with van der Waals surface area (Å²) in [6.45, 7) is 3.42. The molecule has 0 aliphatic carbocycles. The van der Waals surface area contributed by atoms with Crippen molar-refractivity contribution >= 4 is 53.1 Å². The minimum Gasteiger partial charge on any atom is -0.486 e. The van der Waals surface area contributed by atoms with Crippen LogP contribution in [0.4, 0.5) is 23.2 Å². The lowest BCUT2D eigenvalue weighted by molar-refractivity contribution is -0.382. The molecule has 248 valence electrons. The lowest BCUT2D eigenvalue weighted by Crippen LogP contribution is -2.34. The second-order valence-corrected chi connectivity index (χ2v) is 11.1. The SMILES string of the molecule is CCCCC(CC)Cn1c2ccc(/C(=N\O)c3ccccc3OCC(F)(F)C(F)F)cc2c2cc([N+](=O)[O-])c3ccccc3c21.O=P. The van der Waals surface area contributed by atoms with E-state index in [4.69, 9.17) is 9.30 Å². The van der Waals surface area contributed by atoms with Crippen LogP contribution in [0.2, 0.25) is 0 Å². The fraction of sp³-hybridized carbons (Fsp3) is 0.324. The van der Waals surface area contributed by atoms with Crippen molar-refractivity contribution in [2.24, 2.45) is 11.1 Å². The number of benzene rings is 4. The Morgan fingerprint density at radius 3 is 2.32 bits per heavy atom. The van der Waals surface area contributed by atoms with Gasteiger partial charge in [0.2, 0.25) is 0 Å². The number of fused-ring (bicyclic) bond motifs is 5. The van der Waals surface area contributed by atoms with E-state index in [1.165, 1.54) is 18.2 Å². The molecular formula is C34H34F4N3O5P. The van der Waals surface area contributed by atoms with Crippen LogP contribution >= 0.6 is 9.12 Å². The number of para-hydroxylation sites is 1. The molecule has 0 fully saturated rings. The summed E-state index contributed by atoms with van der Waals surface area (Å²) >= 11 is 0. The van der Waals surface area contributed by atoms with Crippen LogP contribution in [0.3, 0.4) is 0 Å². The Labute approximate surface area is 270 Å². The molecule has 8 nitrogen and oxygen atoms in total. The molecule has 0 bridgehead atoms. The predicted octanol–water partition coefficient (Wildman–Crippen LogP) is 10.1. The first-order valence-corrected chi connectivity index (χ1v) is 15.4. The van der Waals surface area contributed by atoms with Crippen molar-refractivity contribution < 1.29 is 37.0 Å². The Bertz CT molecular complexity index is 1910. The van der Waals surface area contributed by atoms with Crippen LogP contribution in [-0.2, 0) is 11.1 Å². The monoisotopic (exact) mass is 671 g/mol. The van der Waals surface area contributed by atoms with Gasteiger partial charge in [-0.05, 0) is 42.7 Å². The number of hydrogen-bond acceptors (Lipinski definition) is 6. The van der Waals surface area contributed by atoms with Gasteiger partial charge in [-0.1, -0.05) is 74.7 Å². The zero-order valence-electron chi connectivity index (χ0n) is 25.8. The molecule has 0 spiro atoms. The van der Waals surface area contributed by atoms with Crippen LogP contribution < -0.4 is 4.74 Å². The molecule has 0 saturated heterocycles. The number of nitro groups is 1. The van der Waals surface area contributed by atoms with Gasteiger partial charge in [0.15, 0.2) is 6.61 Å². The lowest BCUT2D eigenvalue weighted by Gasteiger charge is -2.18. The van der Waals surface area contributed by atoms with Crippen LogP contribution in [0, 0.1) is 16.0 Å². The molecular weight excluding hydrogens is 637 g/mol. The normalized spacial score (nSPS) is 12.8. The topological polar surface area (TPSA) is 107 Å². The summed E-state index contributed by atoms with van der Waals surface area (Å²) in [5, 5.41) is 28.3. The Morgan fingerprint density at radius 1 is 1.00 bits per heavy atom. The second-order valence-electron chi connectivity index (χ2n) is 11.1. The zero-order chi connectivity index (χ0) is 34.3. The number of unbranched alkanes of at least 4 members (excludes halogenated alkanes) is 1. The minimum absolute atomic E-state index is 0.0431. The zero-order valence-corrected chi connectivity index (χ0v) is 26.8. The van der Waals surface area contributed by atoms with Gasteiger partial charge in [0.05, 0.1) is 15.8 Å². The third-order valence-electron chi connectivity index (χ3n) is 8.28. The summed E-state index contributed by atoms with van der Waals surface area (Å²) in [6.07, 6.45) is 0.209. The van der Waals surface area contributed by atoms with Gasteiger partial charge in [-0.15, -0.1) is 0 Å². The molecule has 1 N–H and O–H groups in total. The van der Waals surface area contributed by atoms with Gasteiger partial charge in [0, 0.05) is 45.4 Å². The van der Waals surface area contributed by atoms with E-state index in [1.54, 1.807) is 45.5 Å². The first kappa shape index (κ1) is 35.3. The number of hydrogen-bond donors (Lipinski definition) is 1. The van der Waals surface area contributed by atoms with Gasteiger partial charge in [-0.3, -0.25) is 14.7 Å². The van der Waals surface area contributed by atoms with Crippen molar-refractivity contribution in [1.29, 1.82) is 0 Å². The average molecular weight is 672 g/mol. The maximum absolute atomic E-state index is 13.7. The molecule has 47 heavy (non-hydrogen) atoms. The average Bonchev–Trinajstić information content (AvgIpc) is 3.39. The molecule has 0 saturated carbocycles. The van der Waals surface area contributed by atoms with Crippen LogP contribution in [0.5, 0.6) is 5.75 Å². The first-order chi connectivity index (χ1) is 22.6. The third-order valence-corrected chi connectivity index (χ3v) is 8.28. The van der Waals surface area contributed by atoms with Crippen molar-refractivity contribution in [2.75, 3.05) is 6.61 Å². The van der Waals surface area contributed by atoms with Gasteiger partial charge in [0.1, 0.15) is 20.6 Å². The molecule has 0 aliphatic rings. The van der Waals surface area contributed by atoms with E-state index in [1.807, 2.05) is 18.2 Å². The van der Waals surface area contributed by atoms with E-state index in [9.17, 15) is 32.9 Å². The van der Waals surface area contributed by atoms with E-state index in [0.29, 0.717) is 34.2 Å². The maximum Gasteiger partial charge on any atom is 0.340 e. The Kier molecular flexibility index (Phi) is 11.5. The predicted molar refractivity (Wildman–Crippen MR) is 176 cm³/mol. The molecule has 0 aliphatic heterocycles. The second kappa shape index (κ2) is 15.3. The molecule has 1 atom stereocenters. The molecule has 1 aromatic heterocycles. The van der Waals surface area contributed by atoms with Gasteiger partial charge >= 0.3 is 12.3 Å². The van der Waals surface area contributed by atoms with E-state index < -0.39 is 23.9 Å². The van der Waals surface area contributed by atoms with Crippen molar-refractivity contribution in [2.45, 2.75) is 58.4 Å². The number of rotatable bonds is 13. The van der Waals surface area contributed by atoms with Gasteiger partial charge in [-0.25, -0.2) is 8.78 Å². The molecule has 13 heteroatoms. The third kappa shape index (κ3) is 7.22. The summed E-state index contributed by atoms with van der Waals surface area (Å²) in [4.78, 5) is 11.8. The highest BCUT2D eigenvalue weighted by Gasteiger charge is 2.42. The van der Waals surface area contributed by atoms with Gasteiger partial charge in [0.25, 0.3) is 5.69 Å². The smallest absolute Gasteiger partial charge is 0.340 e. The fourth-order valence-corrected chi connectivity index (χ4v) is 5.90. The van der Waals surface area contributed by atoms with Gasteiger partial charge < -0.3 is 14.5 Å². The Morgan fingerprint density at radius 2 is 1.68 bits per heavy atom.